The first-order valence-electron chi connectivity index (χ1n) is 7.57. The molecule has 1 amide bonds. The van der Waals surface area contributed by atoms with Crippen LogP contribution >= 0.6 is 0 Å². The van der Waals surface area contributed by atoms with Crippen molar-refractivity contribution in [1.29, 1.82) is 0 Å². The lowest BCUT2D eigenvalue weighted by Gasteiger charge is -2.18. The van der Waals surface area contributed by atoms with Gasteiger partial charge in [-0.3, -0.25) is 4.79 Å². The third kappa shape index (κ3) is 2.93. The van der Waals surface area contributed by atoms with Crippen molar-refractivity contribution >= 4 is 16.7 Å². The lowest BCUT2D eigenvalue weighted by Crippen LogP contribution is -2.31. The summed E-state index contributed by atoms with van der Waals surface area (Å²) >= 11 is 0. The first-order valence-corrected chi connectivity index (χ1v) is 7.57. The van der Waals surface area contributed by atoms with Crippen molar-refractivity contribution in [3.8, 4) is 0 Å². The summed E-state index contributed by atoms with van der Waals surface area (Å²) in [6.07, 6.45) is 1.01. The van der Waals surface area contributed by atoms with Gasteiger partial charge < -0.3 is 10.0 Å². The number of likely N-dealkylation sites (tertiary alicyclic amines) is 1. The van der Waals surface area contributed by atoms with Crippen LogP contribution in [0.5, 0.6) is 0 Å². The highest BCUT2D eigenvalue weighted by Gasteiger charge is 2.28. The van der Waals surface area contributed by atoms with Crippen molar-refractivity contribution in [2.24, 2.45) is 5.92 Å². The van der Waals surface area contributed by atoms with Crippen LogP contribution in [0.1, 0.15) is 18.9 Å². The van der Waals surface area contributed by atoms with Gasteiger partial charge in [0.15, 0.2) is 0 Å². The number of hydrogen-bond acceptors (Lipinski definition) is 2. The third-order valence-corrected chi connectivity index (χ3v) is 4.48. The minimum Gasteiger partial charge on any atom is -0.393 e. The Kier molecular flexibility index (Phi) is 3.93. The zero-order valence-electron chi connectivity index (χ0n) is 12.3. The molecule has 1 fully saturated rings. The third-order valence-electron chi connectivity index (χ3n) is 4.48. The number of carbonyl (C=O) groups is 1. The molecule has 2 aromatic carbocycles. The van der Waals surface area contributed by atoms with Gasteiger partial charge in [0.05, 0.1) is 12.5 Å². The Hall–Kier alpha value is -1.87. The summed E-state index contributed by atoms with van der Waals surface area (Å²) in [4.78, 5) is 14.4. The van der Waals surface area contributed by atoms with Crippen LogP contribution in [-0.2, 0) is 11.2 Å². The molecule has 1 N–H and O–H groups in total. The molecule has 0 spiro atoms. The lowest BCUT2D eigenvalue weighted by molar-refractivity contribution is -0.129. The zero-order valence-corrected chi connectivity index (χ0v) is 12.3. The summed E-state index contributed by atoms with van der Waals surface area (Å²) in [7, 11) is 0. The molecule has 0 aliphatic carbocycles. The highest BCUT2D eigenvalue weighted by atomic mass is 16.3. The van der Waals surface area contributed by atoms with Gasteiger partial charge in [0.25, 0.3) is 0 Å². The summed E-state index contributed by atoms with van der Waals surface area (Å²) < 4.78 is 0. The van der Waals surface area contributed by atoms with E-state index in [0.717, 1.165) is 23.9 Å². The molecule has 2 atom stereocenters. The van der Waals surface area contributed by atoms with Crippen LogP contribution < -0.4 is 0 Å². The average molecular weight is 283 g/mol. The first-order chi connectivity index (χ1) is 10.1. The minimum absolute atomic E-state index is 0.162. The summed E-state index contributed by atoms with van der Waals surface area (Å²) in [5.41, 5.74) is 1.08. The van der Waals surface area contributed by atoms with E-state index < -0.39 is 0 Å². The summed E-state index contributed by atoms with van der Waals surface area (Å²) in [6, 6.07) is 14.3. The normalized spacial score (nSPS) is 19.9. The van der Waals surface area contributed by atoms with Gasteiger partial charge in [-0.25, -0.2) is 0 Å². The van der Waals surface area contributed by atoms with Crippen LogP contribution in [0.3, 0.4) is 0 Å². The Morgan fingerprint density at radius 2 is 2.05 bits per heavy atom. The summed E-state index contributed by atoms with van der Waals surface area (Å²) in [5, 5.41) is 12.0. The van der Waals surface area contributed by atoms with Crippen LogP contribution in [0.15, 0.2) is 42.5 Å². The molecule has 1 saturated heterocycles. The molecular formula is C18H21NO2. The summed E-state index contributed by atoms with van der Waals surface area (Å²) in [6.45, 7) is 3.25. The van der Waals surface area contributed by atoms with Crippen LogP contribution in [0, 0.1) is 5.92 Å². The fraction of sp³-hybridized carbons (Fsp3) is 0.389. The predicted molar refractivity (Wildman–Crippen MR) is 84.0 cm³/mol. The van der Waals surface area contributed by atoms with E-state index in [1.165, 1.54) is 5.39 Å². The number of amides is 1. The van der Waals surface area contributed by atoms with Gasteiger partial charge in [0.2, 0.25) is 5.91 Å². The molecule has 3 rings (SSSR count). The van der Waals surface area contributed by atoms with E-state index in [1.54, 1.807) is 0 Å². The maximum atomic E-state index is 12.5. The van der Waals surface area contributed by atoms with E-state index in [-0.39, 0.29) is 17.9 Å². The molecule has 1 aliphatic heterocycles. The van der Waals surface area contributed by atoms with Gasteiger partial charge in [0, 0.05) is 19.0 Å². The lowest BCUT2D eigenvalue weighted by atomic mass is 10.0. The number of nitrogens with zero attached hydrogens (tertiary/aromatic N) is 1. The van der Waals surface area contributed by atoms with Crippen molar-refractivity contribution in [2.75, 3.05) is 13.1 Å². The van der Waals surface area contributed by atoms with Crippen molar-refractivity contribution < 1.29 is 9.90 Å². The van der Waals surface area contributed by atoms with Crippen LogP contribution in [0.2, 0.25) is 0 Å². The fourth-order valence-electron chi connectivity index (χ4n) is 3.13. The molecular weight excluding hydrogens is 262 g/mol. The smallest absolute Gasteiger partial charge is 0.227 e. The van der Waals surface area contributed by atoms with Gasteiger partial charge in [0.1, 0.15) is 0 Å². The highest BCUT2D eigenvalue weighted by Crippen LogP contribution is 2.23. The molecule has 110 valence electrons. The van der Waals surface area contributed by atoms with Gasteiger partial charge in [-0.1, -0.05) is 42.5 Å². The SMILES string of the molecule is CC(O)C1CCN(C(=O)Cc2cccc3ccccc23)C1. The number of carbonyl (C=O) groups excluding carboxylic acids is 1. The van der Waals surface area contributed by atoms with E-state index in [4.69, 9.17) is 0 Å². The quantitative estimate of drug-likeness (QED) is 0.940. The average Bonchev–Trinajstić information content (AvgIpc) is 2.98. The number of aliphatic hydroxyl groups is 1. The second-order valence-corrected chi connectivity index (χ2v) is 5.94. The molecule has 1 heterocycles. The largest absolute Gasteiger partial charge is 0.393 e. The van der Waals surface area contributed by atoms with Crippen molar-refractivity contribution in [3.63, 3.8) is 0 Å². The number of rotatable bonds is 3. The van der Waals surface area contributed by atoms with Gasteiger partial charge in [-0.15, -0.1) is 0 Å². The molecule has 1 aliphatic rings. The number of hydrogen-bond donors (Lipinski definition) is 1. The van der Waals surface area contributed by atoms with Crippen molar-refractivity contribution in [3.05, 3.63) is 48.0 Å². The molecule has 21 heavy (non-hydrogen) atoms. The van der Waals surface area contributed by atoms with E-state index in [0.29, 0.717) is 13.0 Å². The van der Waals surface area contributed by atoms with Crippen molar-refractivity contribution in [1.82, 2.24) is 4.90 Å². The van der Waals surface area contributed by atoms with Gasteiger partial charge >= 0.3 is 0 Å². The minimum atomic E-state index is -0.333. The van der Waals surface area contributed by atoms with Crippen LogP contribution in [0.25, 0.3) is 10.8 Å². The zero-order chi connectivity index (χ0) is 14.8. The molecule has 0 saturated carbocycles. The second kappa shape index (κ2) is 5.86. The maximum absolute atomic E-state index is 12.5. The first kappa shape index (κ1) is 14.1. The molecule has 3 nitrogen and oxygen atoms in total. The Morgan fingerprint density at radius 1 is 1.29 bits per heavy atom. The van der Waals surface area contributed by atoms with Gasteiger partial charge in [-0.2, -0.15) is 0 Å². The molecule has 3 heteroatoms. The van der Waals surface area contributed by atoms with E-state index in [2.05, 4.69) is 18.2 Å². The Morgan fingerprint density at radius 3 is 2.81 bits per heavy atom. The fourth-order valence-corrected chi connectivity index (χ4v) is 3.13. The molecule has 0 radical (unpaired) electrons. The number of aliphatic hydroxyl groups excluding tert-OH is 1. The monoisotopic (exact) mass is 283 g/mol. The number of fused-ring (bicyclic) bond motifs is 1. The van der Waals surface area contributed by atoms with Crippen molar-refractivity contribution in [2.45, 2.75) is 25.9 Å². The molecule has 2 unspecified atom stereocenters. The van der Waals surface area contributed by atoms with E-state index in [9.17, 15) is 9.90 Å². The van der Waals surface area contributed by atoms with Gasteiger partial charge in [-0.05, 0) is 29.7 Å². The Bertz CT molecular complexity index is 645. The molecule has 0 aromatic heterocycles. The molecule has 0 bridgehead atoms. The van der Waals surface area contributed by atoms with E-state index in [1.807, 2.05) is 36.1 Å². The Labute approximate surface area is 125 Å². The van der Waals surface area contributed by atoms with Crippen LogP contribution in [0.4, 0.5) is 0 Å². The van der Waals surface area contributed by atoms with E-state index >= 15 is 0 Å². The maximum Gasteiger partial charge on any atom is 0.227 e. The summed E-state index contributed by atoms with van der Waals surface area (Å²) in [5.74, 6) is 0.385. The standard InChI is InChI=1S/C18H21NO2/c1-13(20)16-9-10-19(12-16)18(21)11-15-7-4-6-14-5-2-3-8-17(14)15/h2-8,13,16,20H,9-12H2,1H3. The second-order valence-electron chi connectivity index (χ2n) is 5.94. The van der Waals surface area contributed by atoms with Crippen LogP contribution in [-0.4, -0.2) is 35.1 Å². The highest BCUT2D eigenvalue weighted by molar-refractivity contribution is 5.90. The molecule has 2 aromatic rings. The number of benzene rings is 2. The Balaban J connectivity index is 1.75. The predicted octanol–water partition coefficient (Wildman–Crippen LogP) is 2.61. The topological polar surface area (TPSA) is 40.5 Å².